The van der Waals surface area contributed by atoms with Crippen LogP contribution in [0.15, 0.2) is 47.6 Å². The van der Waals surface area contributed by atoms with Gasteiger partial charge in [0.1, 0.15) is 5.60 Å². The summed E-state index contributed by atoms with van der Waals surface area (Å²) in [5.74, 6) is 1.24. The van der Waals surface area contributed by atoms with Crippen molar-refractivity contribution in [3.63, 3.8) is 0 Å². The maximum Gasteiger partial charge on any atom is 0.186 e. The van der Waals surface area contributed by atoms with Crippen LogP contribution in [0, 0.1) is 23.2 Å². The second-order valence-corrected chi connectivity index (χ2v) is 10.7. The SMILES string of the molecule is C=C1CC[C@H](O)C/C1=C\C=C1/CCC[C@]2(C)[C@@H]([C@H](C)/C=C/C(=O)C(C)(C)O)CC[C@@H]12. The molecule has 3 rings (SSSR count). The molecule has 0 unspecified atom stereocenters. The molecule has 3 heteroatoms. The molecule has 3 fully saturated rings. The zero-order chi connectivity index (χ0) is 22.1. The Bertz CT molecular complexity index is 763. The van der Waals surface area contributed by atoms with E-state index in [2.05, 4.69) is 32.6 Å². The lowest BCUT2D eigenvalue weighted by molar-refractivity contribution is -0.128. The number of aliphatic hydroxyl groups is 2. The number of hydrogen-bond acceptors (Lipinski definition) is 3. The number of hydrogen-bond donors (Lipinski definition) is 2. The molecule has 2 N–H and O–H groups in total. The van der Waals surface area contributed by atoms with Gasteiger partial charge >= 0.3 is 0 Å². The Morgan fingerprint density at radius 3 is 2.67 bits per heavy atom. The molecule has 3 aliphatic rings. The molecule has 3 nitrogen and oxygen atoms in total. The Balaban J connectivity index is 1.76. The average Bonchev–Trinajstić information content (AvgIpc) is 3.03. The molecule has 0 spiro atoms. The van der Waals surface area contributed by atoms with Gasteiger partial charge in [-0.15, -0.1) is 0 Å². The standard InChI is InChI=1S/C27H40O3/c1-18-8-12-22(28)17-21(18)11-10-20-7-6-16-27(5)23(13-14-24(20)27)19(2)9-15-25(29)26(3,4)30/h9-11,15,19,22-24,28,30H,1,6-8,12-14,16-17H2,2-5H3/b15-9+,20-10+,21-11+/t19-,22+,23-,24+,27-/m1/s1. The third-order valence-electron chi connectivity index (χ3n) is 8.01. The molecule has 0 radical (unpaired) electrons. The molecule has 30 heavy (non-hydrogen) atoms. The summed E-state index contributed by atoms with van der Waals surface area (Å²) in [6.45, 7) is 12.0. The van der Waals surface area contributed by atoms with Gasteiger partial charge in [0.15, 0.2) is 5.78 Å². The van der Waals surface area contributed by atoms with Crippen LogP contribution < -0.4 is 0 Å². The molecular formula is C27H40O3. The molecule has 0 aromatic heterocycles. The minimum atomic E-state index is -1.30. The molecule has 0 aromatic carbocycles. The number of rotatable bonds is 5. The van der Waals surface area contributed by atoms with Crippen LogP contribution in [0.25, 0.3) is 0 Å². The number of aliphatic hydroxyl groups excluding tert-OH is 1. The first-order valence-electron chi connectivity index (χ1n) is 11.7. The maximum absolute atomic E-state index is 12.1. The Morgan fingerprint density at radius 2 is 1.97 bits per heavy atom. The lowest BCUT2D eigenvalue weighted by Crippen LogP contribution is -2.35. The predicted molar refractivity (Wildman–Crippen MR) is 123 cm³/mol. The van der Waals surface area contributed by atoms with E-state index in [4.69, 9.17) is 0 Å². The second-order valence-electron chi connectivity index (χ2n) is 10.7. The smallest absolute Gasteiger partial charge is 0.186 e. The van der Waals surface area contributed by atoms with Crippen molar-refractivity contribution < 1.29 is 15.0 Å². The molecule has 3 aliphatic carbocycles. The van der Waals surface area contributed by atoms with Crippen LogP contribution in [0.1, 0.15) is 79.1 Å². The summed E-state index contributed by atoms with van der Waals surface area (Å²) in [5.41, 5.74) is 2.89. The quantitative estimate of drug-likeness (QED) is 0.570. The van der Waals surface area contributed by atoms with Crippen molar-refractivity contribution in [2.24, 2.45) is 23.2 Å². The van der Waals surface area contributed by atoms with E-state index in [1.54, 1.807) is 25.5 Å². The highest BCUT2D eigenvalue weighted by atomic mass is 16.3. The van der Waals surface area contributed by atoms with Crippen LogP contribution in [0.2, 0.25) is 0 Å². The van der Waals surface area contributed by atoms with Gasteiger partial charge in [0, 0.05) is 0 Å². The summed E-state index contributed by atoms with van der Waals surface area (Å²) in [5, 5.41) is 19.9. The molecule has 5 atom stereocenters. The highest BCUT2D eigenvalue weighted by Crippen LogP contribution is 2.59. The van der Waals surface area contributed by atoms with Crippen molar-refractivity contribution in [1.82, 2.24) is 0 Å². The van der Waals surface area contributed by atoms with Gasteiger partial charge in [-0.2, -0.15) is 0 Å². The molecule has 0 heterocycles. The molecule has 0 saturated heterocycles. The van der Waals surface area contributed by atoms with Gasteiger partial charge < -0.3 is 10.2 Å². The molecule has 0 aromatic rings. The van der Waals surface area contributed by atoms with Gasteiger partial charge in [-0.1, -0.05) is 49.8 Å². The van der Waals surface area contributed by atoms with E-state index >= 15 is 0 Å². The van der Waals surface area contributed by atoms with E-state index in [0.29, 0.717) is 17.8 Å². The first-order chi connectivity index (χ1) is 14.0. The summed E-state index contributed by atoms with van der Waals surface area (Å²) in [6, 6.07) is 0. The van der Waals surface area contributed by atoms with E-state index in [0.717, 1.165) is 25.7 Å². The average molecular weight is 413 g/mol. The van der Waals surface area contributed by atoms with Gasteiger partial charge in [-0.25, -0.2) is 0 Å². The third kappa shape index (κ3) is 4.89. The van der Waals surface area contributed by atoms with E-state index in [9.17, 15) is 15.0 Å². The number of carbonyl (C=O) groups excluding carboxylic acids is 1. The van der Waals surface area contributed by atoms with Gasteiger partial charge in [-0.05, 0) is 100 Å². The summed E-state index contributed by atoms with van der Waals surface area (Å²) in [6.07, 6.45) is 16.4. The van der Waals surface area contributed by atoms with Crippen LogP contribution in [-0.4, -0.2) is 27.7 Å². The second kappa shape index (κ2) is 8.96. The predicted octanol–water partition coefficient (Wildman–Crippen LogP) is 5.69. The lowest BCUT2D eigenvalue weighted by atomic mass is 9.61. The van der Waals surface area contributed by atoms with Crippen LogP contribution in [0.3, 0.4) is 0 Å². The Labute approximate surface area is 182 Å². The monoisotopic (exact) mass is 412 g/mol. The highest BCUT2D eigenvalue weighted by molar-refractivity contribution is 5.96. The zero-order valence-corrected chi connectivity index (χ0v) is 19.3. The van der Waals surface area contributed by atoms with Crippen LogP contribution in [0.5, 0.6) is 0 Å². The van der Waals surface area contributed by atoms with E-state index < -0.39 is 5.60 Å². The maximum atomic E-state index is 12.1. The number of ketones is 1. The lowest BCUT2D eigenvalue weighted by Gasteiger charge is -2.44. The normalized spacial score (nSPS) is 36.5. The van der Waals surface area contributed by atoms with Crippen LogP contribution >= 0.6 is 0 Å². The Hall–Kier alpha value is -1.45. The van der Waals surface area contributed by atoms with Crippen molar-refractivity contribution in [2.75, 3.05) is 0 Å². The fourth-order valence-electron chi connectivity index (χ4n) is 6.12. The van der Waals surface area contributed by atoms with E-state index in [1.807, 2.05) is 6.08 Å². The Kier molecular flexibility index (Phi) is 6.94. The zero-order valence-electron chi connectivity index (χ0n) is 19.3. The van der Waals surface area contributed by atoms with E-state index in [1.165, 1.54) is 36.8 Å². The van der Waals surface area contributed by atoms with Crippen molar-refractivity contribution in [2.45, 2.75) is 90.8 Å². The molecule has 0 aliphatic heterocycles. The van der Waals surface area contributed by atoms with Crippen LogP contribution in [0.4, 0.5) is 0 Å². The van der Waals surface area contributed by atoms with Crippen LogP contribution in [-0.2, 0) is 4.79 Å². The molecule has 3 saturated carbocycles. The highest BCUT2D eigenvalue weighted by Gasteiger charge is 2.50. The largest absolute Gasteiger partial charge is 0.393 e. The first kappa shape index (κ1) is 23.2. The van der Waals surface area contributed by atoms with Gasteiger partial charge in [0.05, 0.1) is 6.10 Å². The topological polar surface area (TPSA) is 57.5 Å². The van der Waals surface area contributed by atoms with Gasteiger partial charge in [-0.3, -0.25) is 4.79 Å². The summed E-state index contributed by atoms with van der Waals surface area (Å²) in [7, 11) is 0. The van der Waals surface area contributed by atoms with Crippen molar-refractivity contribution in [3.05, 3.63) is 47.6 Å². The summed E-state index contributed by atoms with van der Waals surface area (Å²) in [4.78, 5) is 12.1. The summed E-state index contributed by atoms with van der Waals surface area (Å²) >= 11 is 0. The minimum Gasteiger partial charge on any atom is -0.393 e. The fourth-order valence-corrected chi connectivity index (χ4v) is 6.12. The third-order valence-corrected chi connectivity index (χ3v) is 8.01. The molecule has 0 bridgehead atoms. The van der Waals surface area contributed by atoms with Crippen molar-refractivity contribution in [3.8, 4) is 0 Å². The van der Waals surface area contributed by atoms with Gasteiger partial charge in [0.25, 0.3) is 0 Å². The number of fused-ring (bicyclic) bond motifs is 1. The number of carbonyl (C=O) groups is 1. The number of allylic oxidation sites excluding steroid dienone is 5. The molecular weight excluding hydrogens is 372 g/mol. The minimum absolute atomic E-state index is 0.222. The molecule has 166 valence electrons. The Morgan fingerprint density at radius 1 is 1.23 bits per heavy atom. The fraction of sp³-hybridized carbons (Fsp3) is 0.667. The van der Waals surface area contributed by atoms with E-state index in [-0.39, 0.29) is 17.3 Å². The first-order valence-corrected chi connectivity index (χ1v) is 11.7. The van der Waals surface area contributed by atoms with Crippen molar-refractivity contribution in [1.29, 1.82) is 0 Å². The van der Waals surface area contributed by atoms with Crippen molar-refractivity contribution >= 4 is 5.78 Å². The van der Waals surface area contributed by atoms with Gasteiger partial charge in [0.2, 0.25) is 0 Å². The summed E-state index contributed by atoms with van der Waals surface area (Å²) < 4.78 is 0. The molecule has 0 amide bonds.